The van der Waals surface area contributed by atoms with Crippen molar-refractivity contribution in [2.75, 3.05) is 13.7 Å². The van der Waals surface area contributed by atoms with Crippen LogP contribution in [0.2, 0.25) is 0 Å². The first-order valence-corrected chi connectivity index (χ1v) is 8.32. The molecule has 1 rings (SSSR count). The second kappa shape index (κ2) is 7.59. The van der Waals surface area contributed by atoms with Gasteiger partial charge in [0.05, 0.1) is 13.2 Å². The number of carbonyl (C=O) groups excluding carboxylic acids is 3. The molecule has 2 amide bonds. The Morgan fingerprint density at radius 2 is 1.72 bits per heavy atom. The summed E-state index contributed by atoms with van der Waals surface area (Å²) in [5.41, 5.74) is -1.32. The third-order valence-electron chi connectivity index (χ3n) is 3.81. The van der Waals surface area contributed by atoms with Gasteiger partial charge in [0.25, 0.3) is 0 Å². The monoisotopic (exact) mass is 358 g/mol. The van der Waals surface area contributed by atoms with E-state index in [-0.39, 0.29) is 13.0 Å². The molecule has 8 nitrogen and oxygen atoms in total. The number of β-amino-alcohol motifs (C(OH)–C–C–N with tert-alkyl or cyclic N) is 1. The lowest BCUT2D eigenvalue weighted by atomic mass is 9.85. The van der Waals surface area contributed by atoms with E-state index in [0.717, 1.165) is 0 Å². The van der Waals surface area contributed by atoms with Crippen LogP contribution in [0.5, 0.6) is 0 Å². The number of nitrogens with zero attached hydrogens (tertiary/aromatic N) is 1. The molecule has 0 aliphatic carbocycles. The number of amides is 2. The fourth-order valence-electron chi connectivity index (χ4n) is 2.66. The summed E-state index contributed by atoms with van der Waals surface area (Å²) in [4.78, 5) is 38.3. The number of nitrogens with one attached hydrogen (secondary N) is 1. The Morgan fingerprint density at radius 3 is 2.16 bits per heavy atom. The van der Waals surface area contributed by atoms with Crippen molar-refractivity contribution in [2.24, 2.45) is 5.41 Å². The Kier molecular flexibility index (Phi) is 6.44. The molecule has 3 atom stereocenters. The van der Waals surface area contributed by atoms with Crippen molar-refractivity contribution in [3.8, 4) is 0 Å². The quantitative estimate of drug-likeness (QED) is 0.731. The molecule has 0 saturated carbocycles. The largest absolute Gasteiger partial charge is 0.467 e. The van der Waals surface area contributed by atoms with Gasteiger partial charge in [-0.2, -0.15) is 0 Å². The highest BCUT2D eigenvalue weighted by atomic mass is 16.6. The molecule has 8 heteroatoms. The molecule has 0 aromatic rings. The fourth-order valence-corrected chi connectivity index (χ4v) is 2.66. The maximum Gasteiger partial charge on any atom is 0.408 e. The number of hydrogen-bond donors (Lipinski definition) is 2. The van der Waals surface area contributed by atoms with Crippen molar-refractivity contribution in [3.63, 3.8) is 0 Å². The summed E-state index contributed by atoms with van der Waals surface area (Å²) in [5, 5.41) is 12.5. The van der Waals surface area contributed by atoms with Crippen LogP contribution >= 0.6 is 0 Å². The van der Waals surface area contributed by atoms with Crippen molar-refractivity contribution in [3.05, 3.63) is 0 Å². The average molecular weight is 358 g/mol. The zero-order valence-electron chi connectivity index (χ0n) is 16.1. The van der Waals surface area contributed by atoms with Gasteiger partial charge in [0.15, 0.2) is 0 Å². The number of likely N-dealkylation sites (tertiary alicyclic amines) is 1. The summed E-state index contributed by atoms with van der Waals surface area (Å²) in [6.45, 7) is 10.6. The lowest BCUT2D eigenvalue weighted by Gasteiger charge is -2.35. The van der Waals surface area contributed by atoms with Crippen molar-refractivity contribution >= 4 is 18.0 Å². The maximum atomic E-state index is 13.0. The van der Waals surface area contributed by atoms with Crippen molar-refractivity contribution < 1.29 is 29.0 Å². The van der Waals surface area contributed by atoms with Gasteiger partial charge >= 0.3 is 12.1 Å². The van der Waals surface area contributed by atoms with Crippen molar-refractivity contribution in [2.45, 2.75) is 71.8 Å². The predicted octanol–water partition coefficient (Wildman–Crippen LogP) is 1.06. The number of rotatable bonds is 3. The summed E-state index contributed by atoms with van der Waals surface area (Å²) in [7, 11) is 1.23. The van der Waals surface area contributed by atoms with Gasteiger partial charge in [-0.15, -0.1) is 0 Å². The van der Waals surface area contributed by atoms with E-state index in [9.17, 15) is 19.5 Å². The van der Waals surface area contributed by atoms with Gasteiger partial charge in [-0.05, 0) is 26.2 Å². The van der Waals surface area contributed by atoms with Crippen LogP contribution in [0, 0.1) is 5.41 Å². The number of carbonyl (C=O) groups is 3. The number of esters is 1. The minimum atomic E-state index is -0.917. The zero-order valence-corrected chi connectivity index (χ0v) is 16.1. The van der Waals surface area contributed by atoms with Crippen LogP contribution in [0.3, 0.4) is 0 Å². The fraction of sp³-hybridized carbons (Fsp3) is 0.824. The SMILES string of the molecule is COC(=O)[C@@H]1C[C@@H](O)CN1C(=O)C(NC(=O)OC(C)(C)C)C(C)(C)C. The molecular formula is C17H30N2O6. The van der Waals surface area contributed by atoms with E-state index in [1.54, 1.807) is 41.5 Å². The Morgan fingerprint density at radius 1 is 1.16 bits per heavy atom. The molecule has 0 aromatic heterocycles. The second-order valence-corrected chi connectivity index (χ2v) is 8.36. The lowest BCUT2D eigenvalue weighted by Crippen LogP contribution is -2.57. The van der Waals surface area contributed by atoms with E-state index < -0.39 is 47.2 Å². The van der Waals surface area contributed by atoms with Crippen LogP contribution in [0.25, 0.3) is 0 Å². The summed E-state index contributed by atoms with van der Waals surface area (Å²) in [5.74, 6) is -1.04. The molecule has 0 radical (unpaired) electrons. The highest BCUT2D eigenvalue weighted by Gasteiger charge is 2.45. The molecule has 0 spiro atoms. The third kappa shape index (κ3) is 5.88. The van der Waals surface area contributed by atoms with E-state index in [1.807, 2.05) is 0 Å². The molecule has 2 N–H and O–H groups in total. The molecule has 25 heavy (non-hydrogen) atoms. The Hall–Kier alpha value is -1.83. The van der Waals surface area contributed by atoms with Gasteiger partial charge < -0.3 is 24.8 Å². The molecule has 0 aromatic carbocycles. The average Bonchev–Trinajstić information content (AvgIpc) is 2.82. The molecule has 1 saturated heterocycles. The standard InChI is InChI=1S/C17H30N2O6/c1-16(2,3)12(18-15(23)25-17(4,5)6)13(21)19-9-10(20)8-11(19)14(22)24-7/h10-12,20H,8-9H2,1-7H3,(H,18,23)/t10-,11+,12?/m1/s1. The zero-order chi connectivity index (χ0) is 19.6. The van der Waals surface area contributed by atoms with E-state index in [4.69, 9.17) is 9.47 Å². The van der Waals surface area contributed by atoms with Gasteiger partial charge in [-0.1, -0.05) is 20.8 Å². The number of aliphatic hydroxyl groups excluding tert-OH is 1. The second-order valence-electron chi connectivity index (χ2n) is 8.36. The number of methoxy groups -OCH3 is 1. The van der Waals surface area contributed by atoms with Crippen LogP contribution in [0.4, 0.5) is 4.79 Å². The molecule has 144 valence electrons. The highest BCUT2D eigenvalue weighted by molar-refractivity contribution is 5.91. The molecular weight excluding hydrogens is 328 g/mol. The lowest BCUT2D eigenvalue weighted by molar-refractivity contribution is -0.152. The number of ether oxygens (including phenoxy) is 2. The topological polar surface area (TPSA) is 105 Å². The van der Waals surface area contributed by atoms with Crippen LogP contribution in [-0.2, 0) is 19.1 Å². The van der Waals surface area contributed by atoms with Crippen LogP contribution < -0.4 is 5.32 Å². The Balaban J connectivity index is 3.01. The van der Waals surface area contributed by atoms with Gasteiger partial charge in [0.1, 0.15) is 17.7 Å². The summed E-state index contributed by atoms with van der Waals surface area (Å²) < 4.78 is 9.95. The van der Waals surface area contributed by atoms with Crippen molar-refractivity contribution in [1.82, 2.24) is 10.2 Å². The van der Waals surface area contributed by atoms with Crippen LogP contribution in [-0.4, -0.2) is 65.4 Å². The van der Waals surface area contributed by atoms with E-state index in [2.05, 4.69) is 5.32 Å². The molecule has 1 unspecified atom stereocenters. The maximum absolute atomic E-state index is 13.0. The van der Waals surface area contributed by atoms with E-state index >= 15 is 0 Å². The van der Waals surface area contributed by atoms with Gasteiger partial charge in [0.2, 0.25) is 5.91 Å². The molecule has 1 aliphatic heterocycles. The number of hydrogen-bond acceptors (Lipinski definition) is 6. The summed E-state index contributed by atoms with van der Waals surface area (Å²) in [6, 6.07) is -1.78. The summed E-state index contributed by atoms with van der Waals surface area (Å²) in [6.07, 6.45) is -1.41. The molecule has 1 heterocycles. The highest BCUT2D eigenvalue weighted by Crippen LogP contribution is 2.26. The summed E-state index contributed by atoms with van der Waals surface area (Å²) >= 11 is 0. The number of aliphatic hydroxyl groups is 1. The van der Waals surface area contributed by atoms with Crippen molar-refractivity contribution in [1.29, 1.82) is 0 Å². The normalized spacial score (nSPS) is 22.3. The third-order valence-corrected chi connectivity index (χ3v) is 3.81. The van der Waals surface area contributed by atoms with Gasteiger partial charge in [-0.3, -0.25) is 4.79 Å². The smallest absolute Gasteiger partial charge is 0.408 e. The van der Waals surface area contributed by atoms with E-state index in [1.165, 1.54) is 12.0 Å². The molecule has 1 fully saturated rings. The first kappa shape index (κ1) is 21.2. The van der Waals surface area contributed by atoms with Gasteiger partial charge in [0, 0.05) is 13.0 Å². The molecule has 0 bridgehead atoms. The first-order valence-electron chi connectivity index (χ1n) is 8.32. The van der Waals surface area contributed by atoms with Crippen LogP contribution in [0.15, 0.2) is 0 Å². The van der Waals surface area contributed by atoms with Crippen LogP contribution in [0.1, 0.15) is 48.0 Å². The molecule has 1 aliphatic rings. The Bertz CT molecular complexity index is 520. The van der Waals surface area contributed by atoms with Gasteiger partial charge in [-0.25, -0.2) is 9.59 Å². The number of alkyl carbamates (subject to hydrolysis) is 1. The minimum absolute atomic E-state index is 0.0151. The van der Waals surface area contributed by atoms with E-state index in [0.29, 0.717) is 0 Å². The first-order chi connectivity index (χ1) is 11.3. The minimum Gasteiger partial charge on any atom is -0.467 e. The Labute approximate surface area is 148 Å². The predicted molar refractivity (Wildman–Crippen MR) is 90.8 cm³/mol.